The van der Waals surface area contributed by atoms with E-state index in [4.69, 9.17) is 0 Å². The van der Waals surface area contributed by atoms with Crippen molar-refractivity contribution in [3.05, 3.63) is 68.5 Å². The molecule has 8 heteroatoms. The Hall–Kier alpha value is -1.68. The second kappa shape index (κ2) is 9.42. The summed E-state index contributed by atoms with van der Waals surface area (Å²) in [5, 5.41) is 2.59. The molecular formula is C21H21F4IN2O. The van der Waals surface area contributed by atoms with Gasteiger partial charge in [0.05, 0.1) is 5.56 Å². The first-order valence-electron chi connectivity index (χ1n) is 9.32. The topological polar surface area (TPSA) is 32.3 Å². The maximum Gasteiger partial charge on any atom is 0.416 e. The highest BCUT2D eigenvalue weighted by atomic mass is 127. The number of carbonyl (C=O) groups is 1. The zero-order valence-electron chi connectivity index (χ0n) is 15.6. The molecule has 1 saturated heterocycles. The fourth-order valence-electron chi connectivity index (χ4n) is 3.49. The summed E-state index contributed by atoms with van der Waals surface area (Å²) < 4.78 is 53.6. The quantitative estimate of drug-likeness (QED) is 0.446. The molecule has 0 bridgehead atoms. The van der Waals surface area contributed by atoms with Crippen molar-refractivity contribution in [2.45, 2.75) is 32.1 Å². The summed E-state index contributed by atoms with van der Waals surface area (Å²) in [6.07, 6.45) is -3.35. The summed E-state index contributed by atoms with van der Waals surface area (Å²) in [7, 11) is 0. The van der Waals surface area contributed by atoms with E-state index in [2.05, 4.69) is 57.1 Å². The lowest BCUT2D eigenvalue weighted by atomic mass is 9.95. The normalized spacial score (nSPS) is 16.0. The van der Waals surface area contributed by atoms with Gasteiger partial charge in [-0.2, -0.15) is 13.2 Å². The van der Waals surface area contributed by atoms with Crippen LogP contribution in [0.4, 0.5) is 17.6 Å². The Kier molecular flexibility index (Phi) is 7.15. The van der Waals surface area contributed by atoms with Crippen molar-refractivity contribution in [2.75, 3.05) is 13.1 Å². The van der Waals surface area contributed by atoms with Gasteiger partial charge in [-0.15, -0.1) is 0 Å². The number of amides is 1. The van der Waals surface area contributed by atoms with Gasteiger partial charge in [0.25, 0.3) is 0 Å². The van der Waals surface area contributed by atoms with Crippen LogP contribution < -0.4 is 5.32 Å². The fraction of sp³-hybridized carbons (Fsp3) is 0.381. The third kappa shape index (κ3) is 6.15. The SMILES string of the molecule is O=C(NCc1ccc(F)cc1C(F)(F)F)C1CCN(Cc2ccc(I)cc2)CC1. The second-order valence-electron chi connectivity index (χ2n) is 7.19. The van der Waals surface area contributed by atoms with Gasteiger partial charge in [0, 0.05) is 22.6 Å². The predicted octanol–water partition coefficient (Wildman–Crippen LogP) is 4.98. The number of hydrogen-bond donors (Lipinski definition) is 1. The average molecular weight is 520 g/mol. The minimum Gasteiger partial charge on any atom is -0.352 e. The highest BCUT2D eigenvalue weighted by Crippen LogP contribution is 2.32. The molecule has 1 N–H and O–H groups in total. The molecule has 2 aromatic carbocycles. The zero-order chi connectivity index (χ0) is 21.0. The lowest BCUT2D eigenvalue weighted by molar-refractivity contribution is -0.138. The van der Waals surface area contributed by atoms with Crippen LogP contribution in [0, 0.1) is 15.3 Å². The van der Waals surface area contributed by atoms with Gasteiger partial charge in [-0.3, -0.25) is 9.69 Å². The van der Waals surface area contributed by atoms with Crippen molar-refractivity contribution in [1.29, 1.82) is 0 Å². The van der Waals surface area contributed by atoms with Crippen LogP contribution in [0.1, 0.15) is 29.5 Å². The van der Waals surface area contributed by atoms with E-state index in [0.717, 1.165) is 31.8 Å². The van der Waals surface area contributed by atoms with Crippen molar-refractivity contribution in [1.82, 2.24) is 10.2 Å². The minimum absolute atomic E-state index is 0.136. The highest BCUT2D eigenvalue weighted by Gasteiger charge is 2.34. The molecule has 0 aromatic heterocycles. The van der Waals surface area contributed by atoms with E-state index < -0.39 is 17.6 Å². The van der Waals surface area contributed by atoms with E-state index in [1.54, 1.807) is 0 Å². The summed E-state index contributed by atoms with van der Waals surface area (Å²) >= 11 is 2.26. The predicted molar refractivity (Wildman–Crippen MR) is 110 cm³/mol. The van der Waals surface area contributed by atoms with E-state index in [1.807, 2.05) is 0 Å². The molecule has 0 unspecified atom stereocenters. The molecule has 29 heavy (non-hydrogen) atoms. The van der Waals surface area contributed by atoms with Crippen LogP contribution in [-0.2, 0) is 24.1 Å². The molecule has 2 aromatic rings. The number of halogens is 5. The Morgan fingerprint density at radius 2 is 1.76 bits per heavy atom. The first-order valence-corrected chi connectivity index (χ1v) is 10.4. The molecule has 3 nitrogen and oxygen atoms in total. The van der Waals surface area contributed by atoms with Crippen molar-refractivity contribution in [3.8, 4) is 0 Å². The van der Waals surface area contributed by atoms with Crippen LogP contribution in [0.25, 0.3) is 0 Å². The molecule has 1 aliphatic rings. The summed E-state index contributed by atoms with van der Waals surface area (Å²) in [6.45, 7) is 2.06. The number of benzene rings is 2. The minimum atomic E-state index is -4.66. The number of piperidine rings is 1. The van der Waals surface area contributed by atoms with E-state index in [1.165, 1.54) is 9.13 Å². The van der Waals surface area contributed by atoms with Gasteiger partial charge >= 0.3 is 6.18 Å². The van der Waals surface area contributed by atoms with Crippen molar-refractivity contribution in [3.63, 3.8) is 0 Å². The van der Waals surface area contributed by atoms with Crippen LogP contribution in [0.15, 0.2) is 42.5 Å². The number of nitrogens with zero attached hydrogens (tertiary/aromatic N) is 1. The van der Waals surface area contributed by atoms with Crippen LogP contribution >= 0.6 is 22.6 Å². The molecule has 156 valence electrons. The van der Waals surface area contributed by atoms with Gasteiger partial charge in [-0.25, -0.2) is 4.39 Å². The van der Waals surface area contributed by atoms with Gasteiger partial charge in [0.2, 0.25) is 5.91 Å². The number of nitrogens with one attached hydrogen (secondary N) is 1. The average Bonchev–Trinajstić information content (AvgIpc) is 2.68. The number of carbonyl (C=O) groups excluding carboxylic acids is 1. The first-order chi connectivity index (χ1) is 13.7. The summed E-state index contributed by atoms with van der Waals surface area (Å²) in [6, 6.07) is 10.8. The molecule has 1 fully saturated rings. The number of hydrogen-bond acceptors (Lipinski definition) is 2. The van der Waals surface area contributed by atoms with Gasteiger partial charge in [0.15, 0.2) is 0 Å². The van der Waals surface area contributed by atoms with Crippen LogP contribution in [0.5, 0.6) is 0 Å². The fourth-order valence-corrected chi connectivity index (χ4v) is 3.85. The maximum absolute atomic E-state index is 13.2. The van der Waals surface area contributed by atoms with Crippen molar-refractivity contribution in [2.24, 2.45) is 5.92 Å². The van der Waals surface area contributed by atoms with E-state index in [0.29, 0.717) is 18.9 Å². The van der Waals surface area contributed by atoms with Crippen LogP contribution in [0.3, 0.4) is 0 Å². The summed E-state index contributed by atoms with van der Waals surface area (Å²) in [5.74, 6) is -1.43. The number of alkyl halides is 3. The zero-order valence-corrected chi connectivity index (χ0v) is 17.8. The van der Waals surface area contributed by atoms with Crippen molar-refractivity contribution >= 4 is 28.5 Å². The van der Waals surface area contributed by atoms with E-state index in [9.17, 15) is 22.4 Å². The maximum atomic E-state index is 13.2. The Balaban J connectivity index is 1.51. The van der Waals surface area contributed by atoms with E-state index in [-0.39, 0.29) is 23.9 Å². The summed E-state index contributed by atoms with van der Waals surface area (Å²) in [4.78, 5) is 14.7. The summed E-state index contributed by atoms with van der Waals surface area (Å²) in [5.41, 5.74) is 0.0258. The molecule has 0 atom stereocenters. The molecule has 0 radical (unpaired) electrons. The lowest BCUT2D eigenvalue weighted by Gasteiger charge is -2.31. The van der Waals surface area contributed by atoms with Crippen molar-refractivity contribution < 1.29 is 22.4 Å². The van der Waals surface area contributed by atoms with Gasteiger partial charge < -0.3 is 5.32 Å². The van der Waals surface area contributed by atoms with Gasteiger partial charge in [0.1, 0.15) is 5.82 Å². The molecule has 1 aliphatic heterocycles. The third-order valence-corrected chi connectivity index (χ3v) is 5.83. The molecule has 1 amide bonds. The molecule has 0 saturated carbocycles. The Morgan fingerprint density at radius 3 is 2.38 bits per heavy atom. The van der Waals surface area contributed by atoms with Crippen LogP contribution in [-0.4, -0.2) is 23.9 Å². The first kappa shape index (κ1) is 22.0. The largest absolute Gasteiger partial charge is 0.416 e. The van der Waals surface area contributed by atoms with Gasteiger partial charge in [-0.1, -0.05) is 18.2 Å². The smallest absolute Gasteiger partial charge is 0.352 e. The molecule has 1 heterocycles. The Bertz CT molecular complexity index is 847. The molecular weight excluding hydrogens is 499 g/mol. The molecule has 3 rings (SSSR count). The molecule has 0 spiro atoms. The van der Waals surface area contributed by atoms with Crippen LogP contribution in [0.2, 0.25) is 0 Å². The Morgan fingerprint density at radius 1 is 1.10 bits per heavy atom. The second-order valence-corrected chi connectivity index (χ2v) is 8.44. The molecule has 0 aliphatic carbocycles. The number of rotatable bonds is 5. The third-order valence-electron chi connectivity index (χ3n) is 5.11. The monoisotopic (exact) mass is 520 g/mol. The van der Waals surface area contributed by atoms with E-state index >= 15 is 0 Å². The standard InChI is InChI=1S/C21H21F4IN2O/c22-17-4-3-16(19(11-17)21(23,24)25)12-27-20(29)15-7-9-28(10-8-15)13-14-1-5-18(26)6-2-14/h1-6,11,15H,7-10,12-13H2,(H,27,29). The number of likely N-dealkylation sites (tertiary alicyclic amines) is 1. The highest BCUT2D eigenvalue weighted by molar-refractivity contribution is 14.1. The lowest BCUT2D eigenvalue weighted by Crippen LogP contribution is -2.40. The Labute approximate surface area is 180 Å². The van der Waals surface area contributed by atoms with Gasteiger partial charge in [-0.05, 0) is 83.9 Å².